The van der Waals surface area contributed by atoms with E-state index in [1.165, 1.54) is 19.1 Å². The van der Waals surface area contributed by atoms with Gasteiger partial charge in [0.15, 0.2) is 0 Å². The highest BCUT2D eigenvalue weighted by molar-refractivity contribution is 5.73. The highest BCUT2D eigenvalue weighted by Gasteiger charge is 2.44. The van der Waals surface area contributed by atoms with Gasteiger partial charge in [-0.1, -0.05) is 12.1 Å². The fraction of sp³-hybridized carbons (Fsp3) is 0.579. The smallest absolute Gasteiger partial charge is 0.309 e. The molecule has 30 heavy (non-hydrogen) atoms. The average Bonchev–Trinajstić information content (AvgIpc) is 2.66. The number of rotatable bonds is 9. The zero-order valence-electron chi connectivity index (χ0n) is 16.2. The molecule has 1 aliphatic heterocycles. The lowest BCUT2D eigenvalue weighted by molar-refractivity contribution is -0.277. The molecular weight excluding hydrogens is 404 g/mol. The van der Waals surface area contributed by atoms with Crippen LogP contribution in [0.2, 0.25) is 0 Å². The van der Waals surface area contributed by atoms with Gasteiger partial charge in [-0.2, -0.15) is 0 Å². The van der Waals surface area contributed by atoms with Gasteiger partial charge in [0.05, 0.1) is 25.0 Å². The van der Waals surface area contributed by atoms with Crippen molar-refractivity contribution in [2.45, 2.75) is 62.7 Å². The Hall–Kier alpha value is -2.28. The molecule has 0 saturated carbocycles. The molecule has 0 amide bonds. The lowest BCUT2D eigenvalue weighted by atomic mass is 9.98. The summed E-state index contributed by atoms with van der Waals surface area (Å²) >= 11 is 0. The van der Waals surface area contributed by atoms with Crippen LogP contribution in [-0.4, -0.2) is 85.5 Å². The van der Waals surface area contributed by atoms with E-state index in [9.17, 15) is 35.1 Å². The molecule has 168 valence electrons. The summed E-state index contributed by atoms with van der Waals surface area (Å²) in [5, 5.41) is 57.2. The number of ether oxygens (including phenoxy) is 3. The molecule has 0 unspecified atom stereocenters. The van der Waals surface area contributed by atoms with E-state index >= 15 is 0 Å². The predicted molar refractivity (Wildman–Crippen MR) is 98.1 cm³/mol. The molecule has 0 bridgehead atoms. The van der Waals surface area contributed by atoms with Crippen molar-refractivity contribution in [1.29, 1.82) is 0 Å². The molecule has 1 aromatic rings. The van der Waals surface area contributed by atoms with Crippen molar-refractivity contribution in [3.63, 3.8) is 0 Å². The van der Waals surface area contributed by atoms with Crippen molar-refractivity contribution in [2.24, 2.45) is 0 Å². The van der Waals surface area contributed by atoms with Crippen LogP contribution in [0, 0.1) is 0 Å². The van der Waals surface area contributed by atoms with Crippen LogP contribution in [0.15, 0.2) is 24.3 Å². The first kappa shape index (κ1) is 24.0. The van der Waals surface area contributed by atoms with Gasteiger partial charge in [0.2, 0.25) is 6.29 Å². The second-order valence-electron chi connectivity index (χ2n) is 7.36. The quantitative estimate of drug-likeness (QED) is 0.251. The third-order valence-corrected chi connectivity index (χ3v) is 4.48. The van der Waals surface area contributed by atoms with Crippen molar-refractivity contribution in [3.05, 3.63) is 29.8 Å². The fourth-order valence-corrected chi connectivity index (χ4v) is 2.88. The van der Waals surface area contributed by atoms with Gasteiger partial charge in [-0.05, 0) is 24.6 Å². The third kappa shape index (κ3) is 6.62. The standard InChI is InChI=1S/C19H26O11/c1-19(27,6-13(21)22)7-14(23)28-9-10-2-4-11(5-3-10)29-18-17(26)16(25)15(24)12(8-20)30-18/h2-5,12,15-18,20,24-27H,6-9H2,1H3,(H,21,22)/t12-,15-,16+,17-,18+,19-/m1/s1. The topological polar surface area (TPSA) is 183 Å². The number of carbonyl (C=O) groups is 2. The van der Waals surface area contributed by atoms with E-state index in [1.54, 1.807) is 12.1 Å². The van der Waals surface area contributed by atoms with Crippen molar-refractivity contribution in [2.75, 3.05) is 6.61 Å². The molecule has 1 saturated heterocycles. The zero-order valence-corrected chi connectivity index (χ0v) is 16.2. The molecule has 6 atom stereocenters. The number of esters is 1. The van der Waals surface area contributed by atoms with Crippen LogP contribution in [0.3, 0.4) is 0 Å². The normalized spacial score (nSPS) is 28.4. The Labute approximate surface area is 172 Å². The van der Waals surface area contributed by atoms with Crippen molar-refractivity contribution >= 4 is 11.9 Å². The number of aliphatic hydroxyl groups is 5. The monoisotopic (exact) mass is 430 g/mol. The van der Waals surface area contributed by atoms with Gasteiger partial charge in [-0.3, -0.25) is 9.59 Å². The van der Waals surface area contributed by atoms with E-state index < -0.39 is 67.7 Å². The Balaban J connectivity index is 1.88. The summed E-state index contributed by atoms with van der Waals surface area (Å²) in [7, 11) is 0. The maximum absolute atomic E-state index is 11.8. The molecule has 1 aromatic carbocycles. The molecule has 0 radical (unpaired) electrons. The summed E-state index contributed by atoms with van der Waals surface area (Å²) in [6, 6.07) is 6.10. The highest BCUT2D eigenvalue weighted by Crippen LogP contribution is 2.24. The summed E-state index contributed by atoms with van der Waals surface area (Å²) in [5.41, 5.74) is -1.14. The van der Waals surface area contributed by atoms with Gasteiger partial charge in [0.1, 0.15) is 36.8 Å². The van der Waals surface area contributed by atoms with Gasteiger partial charge < -0.3 is 44.8 Å². The molecule has 0 aliphatic carbocycles. The van der Waals surface area contributed by atoms with Gasteiger partial charge in [0, 0.05) is 0 Å². The largest absolute Gasteiger partial charge is 0.481 e. The van der Waals surface area contributed by atoms with Crippen LogP contribution in [0.1, 0.15) is 25.3 Å². The van der Waals surface area contributed by atoms with Crippen LogP contribution in [0.4, 0.5) is 0 Å². The number of hydrogen-bond donors (Lipinski definition) is 6. The SMILES string of the molecule is C[C@@](O)(CC(=O)O)CC(=O)OCc1ccc(O[C@H]2O[C@H](CO)[C@@H](O)[C@H](O)[C@H]2O)cc1. The predicted octanol–water partition coefficient (Wildman–Crippen LogP) is -1.48. The minimum atomic E-state index is -1.72. The number of aliphatic carboxylic acids is 1. The van der Waals surface area contributed by atoms with E-state index in [2.05, 4.69) is 0 Å². The van der Waals surface area contributed by atoms with Gasteiger partial charge >= 0.3 is 11.9 Å². The third-order valence-electron chi connectivity index (χ3n) is 4.48. The number of hydrogen-bond acceptors (Lipinski definition) is 10. The van der Waals surface area contributed by atoms with Gasteiger partial charge in [0.25, 0.3) is 0 Å². The molecule has 11 heteroatoms. The molecule has 1 fully saturated rings. The van der Waals surface area contributed by atoms with Gasteiger partial charge in [-0.15, -0.1) is 0 Å². The molecule has 1 aliphatic rings. The van der Waals surface area contributed by atoms with E-state index in [-0.39, 0.29) is 12.4 Å². The number of carboxylic acids is 1. The van der Waals surface area contributed by atoms with Crippen LogP contribution in [0.5, 0.6) is 5.75 Å². The Morgan fingerprint density at radius 1 is 1.07 bits per heavy atom. The van der Waals surface area contributed by atoms with Gasteiger partial charge in [-0.25, -0.2) is 0 Å². The number of carbonyl (C=O) groups excluding carboxylic acids is 1. The second kappa shape index (κ2) is 10.2. The van der Waals surface area contributed by atoms with Crippen molar-refractivity contribution in [3.8, 4) is 5.75 Å². The minimum Gasteiger partial charge on any atom is -0.481 e. The second-order valence-corrected chi connectivity index (χ2v) is 7.36. The Morgan fingerprint density at radius 2 is 1.70 bits per heavy atom. The summed E-state index contributed by atoms with van der Waals surface area (Å²) in [4.78, 5) is 22.4. The molecule has 0 spiro atoms. The molecular formula is C19H26O11. The summed E-state index contributed by atoms with van der Waals surface area (Å²) in [5.74, 6) is -1.75. The molecule has 2 rings (SSSR count). The van der Waals surface area contributed by atoms with Crippen LogP contribution >= 0.6 is 0 Å². The maximum atomic E-state index is 11.8. The van der Waals surface area contributed by atoms with Crippen molar-refractivity contribution < 1.29 is 54.4 Å². The molecule has 11 nitrogen and oxygen atoms in total. The van der Waals surface area contributed by atoms with Crippen LogP contribution in [-0.2, 0) is 25.7 Å². The number of benzene rings is 1. The Kier molecular flexibility index (Phi) is 8.12. The molecule has 1 heterocycles. The van der Waals surface area contributed by atoms with Crippen LogP contribution < -0.4 is 4.74 Å². The first-order valence-electron chi connectivity index (χ1n) is 9.18. The minimum absolute atomic E-state index is 0.123. The lowest BCUT2D eigenvalue weighted by Crippen LogP contribution is -2.60. The lowest BCUT2D eigenvalue weighted by Gasteiger charge is -2.39. The first-order chi connectivity index (χ1) is 14.0. The number of carboxylic acid groups (broad SMARTS) is 1. The molecule has 6 N–H and O–H groups in total. The maximum Gasteiger partial charge on any atom is 0.309 e. The van der Waals surface area contributed by atoms with E-state index in [0.29, 0.717) is 5.56 Å². The number of aliphatic hydroxyl groups excluding tert-OH is 4. The van der Waals surface area contributed by atoms with E-state index in [4.69, 9.17) is 19.3 Å². The average molecular weight is 430 g/mol. The summed E-state index contributed by atoms with van der Waals surface area (Å²) < 4.78 is 15.7. The zero-order chi connectivity index (χ0) is 22.5. The molecule has 0 aromatic heterocycles. The van der Waals surface area contributed by atoms with Crippen LogP contribution in [0.25, 0.3) is 0 Å². The summed E-state index contributed by atoms with van der Waals surface area (Å²) in [6.07, 6.45) is -8.06. The Morgan fingerprint density at radius 3 is 2.27 bits per heavy atom. The summed E-state index contributed by atoms with van der Waals surface area (Å²) in [6.45, 7) is 0.532. The first-order valence-corrected chi connectivity index (χ1v) is 9.18. The Bertz CT molecular complexity index is 716. The highest BCUT2D eigenvalue weighted by atomic mass is 16.7. The van der Waals surface area contributed by atoms with E-state index in [0.717, 1.165) is 0 Å². The fourth-order valence-electron chi connectivity index (χ4n) is 2.88. The van der Waals surface area contributed by atoms with Crippen molar-refractivity contribution in [1.82, 2.24) is 0 Å². The van der Waals surface area contributed by atoms with E-state index in [1.807, 2.05) is 0 Å².